The molecular weight excluding hydrogens is 353 g/mol. The highest BCUT2D eigenvalue weighted by molar-refractivity contribution is 6.08. The second-order valence-electron chi connectivity index (χ2n) is 6.38. The molecule has 1 aromatic rings. The topological polar surface area (TPSA) is 75.7 Å². The predicted molar refractivity (Wildman–Crippen MR) is 83.9 cm³/mol. The van der Waals surface area contributed by atoms with E-state index in [0.29, 0.717) is 12.8 Å². The van der Waals surface area contributed by atoms with Gasteiger partial charge in [0.15, 0.2) is 0 Å². The highest BCUT2D eigenvalue weighted by atomic mass is 19.4. The number of imide groups is 1. The average Bonchev–Trinajstić information content (AvgIpc) is 2.81. The van der Waals surface area contributed by atoms with Crippen LogP contribution in [0.4, 0.5) is 18.9 Å². The summed E-state index contributed by atoms with van der Waals surface area (Å²) >= 11 is 0. The third-order valence-corrected chi connectivity index (χ3v) is 4.61. The summed E-state index contributed by atoms with van der Waals surface area (Å²) in [6.07, 6.45) is -1.68. The summed E-state index contributed by atoms with van der Waals surface area (Å²) in [5.74, 6) is -2.29. The number of amides is 3. The molecule has 2 aliphatic rings. The molecular formula is C17H17F3N2O4. The van der Waals surface area contributed by atoms with E-state index in [9.17, 15) is 27.6 Å². The fraction of sp³-hybridized carbons (Fsp3) is 0.471. The van der Waals surface area contributed by atoms with Crippen LogP contribution < -0.4 is 10.1 Å². The fourth-order valence-corrected chi connectivity index (χ4v) is 3.47. The van der Waals surface area contributed by atoms with Gasteiger partial charge in [0, 0.05) is 5.69 Å². The summed E-state index contributed by atoms with van der Waals surface area (Å²) in [6.45, 7) is -0.397. The van der Waals surface area contributed by atoms with Crippen LogP contribution in [0.5, 0.6) is 5.75 Å². The van der Waals surface area contributed by atoms with E-state index in [1.165, 1.54) is 12.1 Å². The molecule has 0 bridgehead atoms. The van der Waals surface area contributed by atoms with Crippen molar-refractivity contribution < 1.29 is 32.3 Å². The number of carbonyl (C=O) groups is 3. The van der Waals surface area contributed by atoms with Crippen LogP contribution in [0, 0.1) is 11.8 Å². The van der Waals surface area contributed by atoms with Crippen LogP contribution in [-0.2, 0) is 14.4 Å². The Labute approximate surface area is 147 Å². The quantitative estimate of drug-likeness (QED) is 0.827. The van der Waals surface area contributed by atoms with Crippen LogP contribution in [0.15, 0.2) is 24.3 Å². The van der Waals surface area contributed by atoms with Gasteiger partial charge in [-0.15, -0.1) is 13.2 Å². The van der Waals surface area contributed by atoms with Gasteiger partial charge in [0.05, 0.1) is 11.8 Å². The van der Waals surface area contributed by atoms with Gasteiger partial charge >= 0.3 is 6.36 Å². The first-order valence-electron chi connectivity index (χ1n) is 8.25. The van der Waals surface area contributed by atoms with Crippen LogP contribution >= 0.6 is 0 Å². The molecule has 3 rings (SSSR count). The number of anilines is 1. The van der Waals surface area contributed by atoms with E-state index >= 15 is 0 Å². The van der Waals surface area contributed by atoms with Crippen molar-refractivity contribution in [2.24, 2.45) is 11.8 Å². The van der Waals surface area contributed by atoms with Gasteiger partial charge < -0.3 is 10.1 Å². The van der Waals surface area contributed by atoms with Crippen LogP contribution in [0.25, 0.3) is 0 Å². The first-order chi connectivity index (χ1) is 12.2. The standard InChI is InChI=1S/C17H17F3N2O4/c18-17(19,20)26-11-7-5-10(6-8-11)21-14(23)9-22-15(24)12-3-1-2-4-13(12)16(22)25/h5-8,12-13H,1-4,9H2,(H,21,23)/t12-,13-/m1/s1. The molecule has 0 spiro atoms. The van der Waals surface area contributed by atoms with Crippen molar-refractivity contribution in [2.45, 2.75) is 32.0 Å². The number of ether oxygens (including phenoxy) is 1. The smallest absolute Gasteiger partial charge is 0.406 e. The maximum absolute atomic E-state index is 12.3. The summed E-state index contributed by atoms with van der Waals surface area (Å²) in [5, 5.41) is 2.46. The Morgan fingerprint density at radius 2 is 1.62 bits per heavy atom. The van der Waals surface area contributed by atoms with Gasteiger partial charge in [0.2, 0.25) is 17.7 Å². The molecule has 1 heterocycles. The number of nitrogens with one attached hydrogen (secondary N) is 1. The number of benzene rings is 1. The van der Waals surface area contributed by atoms with Crippen LogP contribution in [-0.4, -0.2) is 35.5 Å². The molecule has 0 aromatic heterocycles. The van der Waals surface area contributed by atoms with Crippen LogP contribution in [0.3, 0.4) is 0 Å². The van der Waals surface area contributed by atoms with Gasteiger partial charge in [-0.1, -0.05) is 12.8 Å². The third-order valence-electron chi connectivity index (χ3n) is 4.61. The Balaban J connectivity index is 1.59. The van der Waals surface area contributed by atoms with Crippen molar-refractivity contribution in [3.63, 3.8) is 0 Å². The summed E-state index contributed by atoms with van der Waals surface area (Å²) < 4.78 is 40.1. The van der Waals surface area contributed by atoms with Crippen LogP contribution in [0.1, 0.15) is 25.7 Å². The second-order valence-corrected chi connectivity index (χ2v) is 6.38. The van der Waals surface area contributed by atoms with Crippen molar-refractivity contribution in [2.75, 3.05) is 11.9 Å². The van der Waals surface area contributed by atoms with E-state index in [2.05, 4.69) is 10.1 Å². The largest absolute Gasteiger partial charge is 0.573 e. The van der Waals surface area contributed by atoms with Gasteiger partial charge in [-0.05, 0) is 37.1 Å². The molecule has 1 saturated heterocycles. The minimum absolute atomic E-state index is 0.237. The number of fused-ring (bicyclic) bond motifs is 1. The van der Waals surface area contributed by atoms with E-state index in [-0.39, 0.29) is 29.3 Å². The van der Waals surface area contributed by atoms with Crippen molar-refractivity contribution in [1.82, 2.24) is 4.90 Å². The predicted octanol–water partition coefficient (Wildman–Crippen LogP) is 2.70. The third kappa shape index (κ3) is 3.97. The van der Waals surface area contributed by atoms with Crippen molar-refractivity contribution in [3.8, 4) is 5.75 Å². The Morgan fingerprint density at radius 1 is 1.08 bits per heavy atom. The Bertz CT molecular complexity index is 694. The fourth-order valence-electron chi connectivity index (χ4n) is 3.47. The number of likely N-dealkylation sites (tertiary alicyclic amines) is 1. The molecule has 9 heteroatoms. The van der Waals surface area contributed by atoms with E-state index in [4.69, 9.17) is 0 Å². The van der Waals surface area contributed by atoms with Crippen molar-refractivity contribution in [3.05, 3.63) is 24.3 Å². The molecule has 2 atom stereocenters. The highest BCUT2D eigenvalue weighted by Crippen LogP contribution is 2.37. The molecule has 6 nitrogen and oxygen atoms in total. The maximum atomic E-state index is 12.3. The van der Waals surface area contributed by atoms with E-state index in [1.54, 1.807) is 0 Å². The number of carbonyl (C=O) groups excluding carboxylic acids is 3. The lowest BCUT2D eigenvalue weighted by Crippen LogP contribution is -2.38. The lowest BCUT2D eigenvalue weighted by molar-refractivity contribution is -0.274. The minimum Gasteiger partial charge on any atom is -0.406 e. The monoisotopic (exact) mass is 370 g/mol. The molecule has 1 N–H and O–H groups in total. The average molecular weight is 370 g/mol. The number of hydrogen-bond donors (Lipinski definition) is 1. The lowest BCUT2D eigenvalue weighted by atomic mass is 9.81. The van der Waals surface area contributed by atoms with E-state index < -0.39 is 24.6 Å². The zero-order chi connectivity index (χ0) is 18.9. The first-order valence-corrected chi connectivity index (χ1v) is 8.25. The molecule has 1 saturated carbocycles. The molecule has 2 fully saturated rings. The molecule has 140 valence electrons. The summed E-state index contributed by atoms with van der Waals surface area (Å²) in [4.78, 5) is 37.7. The van der Waals surface area contributed by atoms with Crippen molar-refractivity contribution in [1.29, 1.82) is 0 Å². The SMILES string of the molecule is O=C(CN1C(=O)[C@@H]2CCCC[C@H]2C1=O)Nc1ccc(OC(F)(F)F)cc1. The summed E-state index contributed by atoms with van der Waals surface area (Å²) in [5.41, 5.74) is 0.237. The van der Waals surface area contributed by atoms with Gasteiger partial charge in [0.25, 0.3) is 0 Å². The summed E-state index contributed by atoms with van der Waals surface area (Å²) in [7, 11) is 0. The van der Waals surface area contributed by atoms with E-state index in [1.807, 2.05) is 0 Å². The molecule has 0 radical (unpaired) electrons. The minimum atomic E-state index is -4.79. The Hall–Kier alpha value is -2.58. The lowest BCUT2D eigenvalue weighted by Gasteiger charge is -2.19. The Morgan fingerprint density at radius 3 is 2.12 bits per heavy atom. The normalized spacial score (nSPS) is 23.0. The molecule has 1 aromatic carbocycles. The Kier molecular flexibility index (Phi) is 4.88. The second kappa shape index (κ2) is 6.97. The molecule has 0 unspecified atom stereocenters. The summed E-state index contributed by atoms with van der Waals surface area (Å²) in [6, 6.07) is 4.60. The molecule has 1 aliphatic carbocycles. The number of nitrogens with zero attached hydrogens (tertiary/aromatic N) is 1. The van der Waals surface area contributed by atoms with E-state index in [0.717, 1.165) is 29.9 Å². The van der Waals surface area contributed by atoms with Crippen molar-refractivity contribution >= 4 is 23.4 Å². The number of halogens is 3. The highest BCUT2D eigenvalue weighted by Gasteiger charge is 2.48. The molecule has 1 aliphatic heterocycles. The number of hydrogen-bond acceptors (Lipinski definition) is 4. The van der Waals surface area contributed by atoms with Gasteiger partial charge in [0.1, 0.15) is 12.3 Å². The number of alkyl halides is 3. The first kappa shape index (κ1) is 18.2. The zero-order valence-corrected chi connectivity index (χ0v) is 13.7. The van der Waals surface area contributed by atoms with Gasteiger partial charge in [-0.2, -0.15) is 0 Å². The van der Waals surface area contributed by atoms with Gasteiger partial charge in [-0.3, -0.25) is 19.3 Å². The van der Waals surface area contributed by atoms with Crippen LogP contribution in [0.2, 0.25) is 0 Å². The number of rotatable bonds is 4. The van der Waals surface area contributed by atoms with Gasteiger partial charge in [-0.25, -0.2) is 0 Å². The zero-order valence-electron chi connectivity index (χ0n) is 13.7. The molecule has 3 amide bonds. The maximum Gasteiger partial charge on any atom is 0.573 e. The molecule has 26 heavy (non-hydrogen) atoms.